The van der Waals surface area contributed by atoms with E-state index in [0.29, 0.717) is 18.0 Å². The first-order valence-electron chi connectivity index (χ1n) is 5.31. The van der Waals surface area contributed by atoms with Gasteiger partial charge in [0, 0.05) is 31.7 Å². The van der Waals surface area contributed by atoms with Crippen LogP contribution in [0.4, 0.5) is 0 Å². The lowest BCUT2D eigenvalue weighted by Gasteiger charge is -2.39. The summed E-state index contributed by atoms with van der Waals surface area (Å²) in [6.45, 7) is 2.55. The predicted octanol–water partition coefficient (Wildman–Crippen LogP) is -1.49. The second-order valence-electron chi connectivity index (χ2n) is 4.55. The Bertz CT molecular complexity index is 252. The van der Waals surface area contributed by atoms with E-state index < -0.39 is 0 Å². The Morgan fingerprint density at radius 3 is 2.36 bits per heavy atom. The molecule has 5 nitrogen and oxygen atoms in total. The summed E-state index contributed by atoms with van der Waals surface area (Å²) in [7, 11) is 0. The van der Waals surface area contributed by atoms with Gasteiger partial charge in [-0.25, -0.2) is 5.01 Å². The summed E-state index contributed by atoms with van der Waals surface area (Å²) in [6, 6.07) is 0.852. The maximum atomic E-state index is 11.9. The van der Waals surface area contributed by atoms with Crippen molar-refractivity contribution in [2.75, 3.05) is 19.6 Å². The molecule has 3 heterocycles. The minimum Gasteiger partial charge on any atom is -0.333 e. The average Bonchev–Trinajstić information content (AvgIpc) is 2.92. The molecule has 0 aromatic carbocycles. The summed E-state index contributed by atoms with van der Waals surface area (Å²) in [5.41, 5.74) is 0. The Hall–Kier alpha value is -0.650. The third-order valence-corrected chi connectivity index (χ3v) is 3.47. The molecule has 0 spiro atoms. The molecule has 2 unspecified atom stereocenters. The summed E-state index contributed by atoms with van der Waals surface area (Å²) < 4.78 is 0. The number of fused-ring (bicyclic) bond motifs is 2. The van der Waals surface area contributed by atoms with Crippen molar-refractivity contribution in [3.63, 3.8) is 0 Å². The molecular weight excluding hydrogens is 180 g/mol. The van der Waals surface area contributed by atoms with E-state index in [9.17, 15) is 4.79 Å². The van der Waals surface area contributed by atoms with Crippen LogP contribution in [0.5, 0.6) is 0 Å². The minimum absolute atomic E-state index is 0.113. The first kappa shape index (κ1) is 8.64. The molecule has 0 saturated carbocycles. The normalized spacial score (nSPS) is 41.5. The van der Waals surface area contributed by atoms with Gasteiger partial charge in [0.1, 0.15) is 0 Å². The van der Waals surface area contributed by atoms with Gasteiger partial charge < -0.3 is 10.2 Å². The van der Waals surface area contributed by atoms with Gasteiger partial charge in [-0.05, 0) is 12.8 Å². The fourth-order valence-corrected chi connectivity index (χ4v) is 2.71. The lowest BCUT2D eigenvalue weighted by molar-refractivity contribution is -0.136. The van der Waals surface area contributed by atoms with E-state index in [0.717, 1.165) is 32.5 Å². The number of carbonyl (C=O) groups excluding carboxylic acids is 1. The Kier molecular flexibility index (Phi) is 1.80. The first-order chi connectivity index (χ1) is 6.75. The molecule has 3 saturated heterocycles. The molecule has 0 radical (unpaired) electrons. The summed E-state index contributed by atoms with van der Waals surface area (Å²) >= 11 is 0. The average molecular weight is 196 g/mol. The highest BCUT2D eigenvalue weighted by Gasteiger charge is 2.45. The third kappa shape index (κ3) is 1.24. The van der Waals surface area contributed by atoms with Gasteiger partial charge in [0.15, 0.2) is 0 Å². The Labute approximate surface area is 83.2 Å². The number of hydrazine groups is 1. The summed E-state index contributed by atoms with van der Waals surface area (Å²) in [5.74, 6) is 6.09. The van der Waals surface area contributed by atoms with Crippen molar-refractivity contribution < 1.29 is 4.79 Å². The van der Waals surface area contributed by atoms with Crippen molar-refractivity contribution >= 4 is 5.91 Å². The number of rotatable bonds is 1. The highest BCUT2D eigenvalue weighted by atomic mass is 16.2. The lowest BCUT2D eigenvalue weighted by Crippen LogP contribution is -2.58. The fraction of sp³-hybridized carbons (Fsp3) is 0.889. The van der Waals surface area contributed by atoms with Crippen molar-refractivity contribution in [2.24, 2.45) is 5.84 Å². The van der Waals surface area contributed by atoms with Gasteiger partial charge in [0.25, 0.3) is 0 Å². The van der Waals surface area contributed by atoms with Gasteiger partial charge in [-0.15, -0.1) is 0 Å². The number of nitrogens with zero attached hydrogens (tertiary/aromatic N) is 2. The second kappa shape index (κ2) is 2.92. The van der Waals surface area contributed by atoms with Crippen LogP contribution in [0.3, 0.4) is 0 Å². The van der Waals surface area contributed by atoms with Crippen LogP contribution in [-0.4, -0.2) is 53.6 Å². The molecule has 78 valence electrons. The molecule has 2 bridgehead atoms. The molecule has 3 N–H and O–H groups in total. The van der Waals surface area contributed by atoms with E-state index in [1.54, 1.807) is 0 Å². The van der Waals surface area contributed by atoms with Gasteiger partial charge in [-0.1, -0.05) is 0 Å². The van der Waals surface area contributed by atoms with Gasteiger partial charge in [0.05, 0.1) is 6.04 Å². The van der Waals surface area contributed by atoms with E-state index >= 15 is 0 Å². The van der Waals surface area contributed by atoms with Crippen LogP contribution >= 0.6 is 0 Å². The largest absolute Gasteiger partial charge is 0.333 e. The summed E-state index contributed by atoms with van der Waals surface area (Å²) in [5, 5.41) is 4.93. The topological polar surface area (TPSA) is 71.5 Å². The molecule has 3 fully saturated rings. The maximum absolute atomic E-state index is 11.9. The fourth-order valence-electron chi connectivity index (χ4n) is 2.71. The van der Waals surface area contributed by atoms with E-state index in [-0.39, 0.29) is 6.04 Å². The van der Waals surface area contributed by atoms with Crippen LogP contribution in [0.2, 0.25) is 0 Å². The SMILES string of the molecule is NN1CC2CCC(C1)N2C(=O)[C@H]1CN1. The van der Waals surface area contributed by atoms with Gasteiger partial charge in [0.2, 0.25) is 5.91 Å². The summed E-state index contributed by atoms with van der Waals surface area (Å²) in [6.07, 6.45) is 2.24. The molecule has 0 aromatic rings. The van der Waals surface area contributed by atoms with E-state index in [4.69, 9.17) is 5.84 Å². The number of carbonyl (C=O) groups is 1. The predicted molar refractivity (Wildman–Crippen MR) is 51.2 cm³/mol. The van der Waals surface area contributed by atoms with Crippen molar-refractivity contribution in [3.05, 3.63) is 0 Å². The molecule has 3 atom stereocenters. The van der Waals surface area contributed by atoms with Crippen LogP contribution in [0.1, 0.15) is 12.8 Å². The van der Waals surface area contributed by atoms with E-state index in [1.807, 2.05) is 5.01 Å². The van der Waals surface area contributed by atoms with Crippen LogP contribution in [0.25, 0.3) is 0 Å². The monoisotopic (exact) mass is 196 g/mol. The van der Waals surface area contributed by atoms with Crippen LogP contribution in [-0.2, 0) is 4.79 Å². The Balaban J connectivity index is 1.77. The number of amides is 1. The van der Waals surface area contributed by atoms with Gasteiger partial charge >= 0.3 is 0 Å². The Morgan fingerprint density at radius 1 is 1.29 bits per heavy atom. The lowest BCUT2D eigenvalue weighted by atomic mass is 10.2. The number of nitrogens with one attached hydrogen (secondary N) is 1. The number of hydrogen-bond acceptors (Lipinski definition) is 4. The molecule has 0 aromatic heterocycles. The smallest absolute Gasteiger partial charge is 0.241 e. The highest BCUT2D eigenvalue weighted by Crippen LogP contribution is 2.30. The molecule has 0 aliphatic carbocycles. The first-order valence-corrected chi connectivity index (χ1v) is 5.31. The van der Waals surface area contributed by atoms with Gasteiger partial charge in [-0.3, -0.25) is 10.6 Å². The molecular formula is C9H16N4O. The van der Waals surface area contributed by atoms with Gasteiger partial charge in [-0.2, -0.15) is 0 Å². The van der Waals surface area contributed by atoms with Crippen molar-refractivity contribution in [3.8, 4) is 0 Å². The number of piperazine rings is 1. The zero-order valence-electron chi connectivity index (χ0n) is 8.15. The molecule has 3 rings (SSSR count). The van der Waals surface area contributed by atoms with Crippen molar-refractivity contribution in [1.29, 1.82) is 0 Å². The van der Waals surface area contributed by atoms with E-state index in [1.165, 1.54) is 0 Å². The molecule has 3 aliphatic heterocycles. The molecule has 5 heteroatoms. The maximum Gasteiger partial charge on any atom is 0.241 e. The number of nitrogens with two attached hydrogens (primary N) is 1. The third-order valence-electron chi connectivity index (χ3n) is 3.47. The molecule has 3 aliphatic rings. The zero-order valence-corrected chi connectivity index (χ0v) is 8.15. The molecule has 1 amide bonds. The van der Waals surface area contributed by atoms with Crippen molar-refractivity contribution in [1.82, 2.24) is 15.2 Å². The second-order valence-corrected chi connectivity index (χ2v) is 4.55. The van der Waals surface area contributed by atoms with E-state index in [2.05, 4.69) is 10.2 Å². The van der Waals surface area contributed by atoms with Crippen LogP contribution in [0.15, 0.2) is 0 Å². The standard InChI is InChI=1S/C9H16N4O/c10-12-4-6-1-2-7(5-12)13(6)9(14)8-3-11-8/h6-8,11H,1-5,10H2/t6?,7?,8-/m1/s1. The highest BCUT2D eigenvalue weighted by molar-refractivity contribution is 5.85. The number of hydrogen-bond donors (Lipinski definition) is 2. The quantitative estimate of drug-likeness (QED) is 0.396. The summed E-state index contributed by atoms with van der Waals surface area (Å²) in [4.78, 5) is 14.0. The van der Waals surface area contributed by atoms with Crippen LogP contribution in [0, 0.1) is 0 Å². The zero-order chi connectivity index (χ0) is 9.71. The minimum atomic E-state index is 0.113. The van der Waals surface area contributed by atoms with Crippen molar-refractivity contribution in [2.45, 2.75) is 31.0 Å². The molecule has 14 heavy (non-hydrogen) atoms. The van der Waals surface area contributed by atoms with Crippen LogP contribution < -0.4 is 11.2 Å². The Morgan fingerprint density at radius 2 is 1.86 bits per heavy atom.